The van der Waals surface area contributed by atoms with E-state index in [2.05, 4.69) is 15.3 Å². The molecule has 2 rings (SSSR count). The summed E-state index contributed by atoms with van der Waals surface area (Å²) in [6, 6.07) is 0. The van der Waals surface area contributed by atoms with Crippen LogP contribution in [0.2, 0.25) is 0 Å². The van der Waals surface area contributed by atoms with Crippen molar-refractivity contribution in [3.8, 4) is 0 Å². The Hall–Kier alpha value is -1.63. The number of aromatic nitrogens is 5. The molecule has 0 bridgehead atoms. The summed E-state index contributed by atoms with van der Waals surface area (Å²) >= 11 is 5.06. The topological polar surface area (TPSA) is 54.7 Å². The zero-order valence-corrected chi connectivity index (χ0v) is 10.3. The second-order valence-corrected chi connectivity index (χ2v) is 4.15. The van der Waals surface area contributed by atoms with Crippen molar-refractivity contribution in [1.82, 2.24) is 24.5 Å². The van der Waals surface area contributed by atoms with Crippen molar-refractivity contribution in [3.05, 3.63) is 22.7 Å². The Morgan fingerprint density at radius 3 is 2.75 bits per heavy atom. The molecule has 6 nitrogen and oxygen atoms in total. The Bertz CT molecular complexity index is 536. The number of aromatic amines is 1. The fourth-order valence-corrected chi connectivity index (χ4v) is 1.71. The largest absolute Gasteiger partial charge is 0.340 e. The van der Waals surface area contributed by atoms with Crippen molar-refractivity contribution in [1.29, 1.82) is 0 Å². The molecule has 0 spiro atoms. The van der Waals surface area contributed by atoms with Crippen LogP contribution in [0.15, 0.2) is 12.4 Å². The van der Waals surface area contributed by atoms with Crippen molar-refractivity contribution >= 4 is 18.2 Å². The van der Waals surface area contributed by atoms with Crippen molar-refractivity contribution in [3.63, 3.8) is 0 Å². The molecule has 0 aliphatic heterocycles. The fraction of sp³-hybridized carbons (Fsp3) is 0.444. The van der Waals surface area contributed by atoms with Gasteiger partial charge < -0.3 is 4.90 Å². The van der Waals surface area contributed by atoms with Gasteiger partial charge in [-0.3, -0.25) is 9.25 Å². The number of anilines is 1. The number of aryl methyl sites for hydroxylation is 1. The van der Waals surface area contributed by atoms with Crippen LogP contribution < -0.4 is 4.90 Å². The molecule has 0 atom stereocenters. The molecule has 0 radical (unpaired) electrons. The molecule has 2 aromatic rings. The molecule has 7 heteroatoms. The molecular weight excluding hydrogens is 224 g/mol. The van der Waals surface area contributed by atoms with Gasteiger partial charge in [0.1, 0.15) is 0 Å². The van der Waals surface area contributed by atoms with Crippen LogP contribution in [0.25, 0.3) is 0 Å². The van der Waals surface area contributed by atoms with Crippen molar-refractivity contribution < 1.29 is 0 Å². The van der Waals surface area contributed by atoms with Crippen LogP contribution in [0.3, 0.4) is 0 Å². The first-order chi connectivity index (χ1) is 7.58. The van der Waals surface area contributed by atoms with E-state index in [1.165, 1.54) is 0 Å². The summed E-state index contributed by atoms with van der Waals surface area (Å²) in [5, 5.41) is 11.1. The second kappa shape index (κ2) is 4.09. The lowest BCUT2D eigenvalue weighted by Gasteiger charge is -2.15. The Morgan fingerprint density at radius 2 is 2.25 bits per heavy atom. The van der Waals surface area contributed by atoms with Crippen LogP contribution >= 0.6 is 12.2 Å². The van der Waals surface area contributed by atoms with Crippen LogP contribution in [-0.4, -0.2) is 31.6 Å². The third kappa shape index (κ3) is 1.99. The van der Waals surface area contributed by atoms with Crippen molar-refractivity contribution in [2.45, 2.75) is 6.54 Å². The maximum atomic E-state index is 5.06. The van der Waals surface area contributed by atoms with Crippen LogP contribution in [-0.2, 0) is 20.6 Å². The molecule has 0 saturated heterocycles. The summed E-state index contributed by atoms with van der Waals surface area (Å²) < 4.78 is 4.24. The van der Waals surface area contributed by atoms with E-state index >= 15 is 0 Å². The summed E-state index contributed by atoms with van der Waals surface area (Å²) in [6.45, 7) is 0.751. The number of hydrogen-bond acceptors (Lipinski definition) is 4. The molecule has 2 heterocycles. The van der Waals surface area contributed by atoms with Crippen molar-refractivity contribution in [2.75, 3.05) is 11.9 Å². The predicted molar refractivity (Wildman–Crippen MR) is 63.7 cm³/mol. The molecule has 0 aliphatic carbocycles. The molecule has 2 aromatic heterocycles. The minimum Gasteiger partial charge on any atom is -0.340 e. The van der Waals surface area contributed by atoms with E-state index in [1.807, 2.05) is 43.0 Å². The molecule has 0 amide bonds. The van der Waals surface area contributed by atoms with E-state index in [-0.39, 0.29) is 0 Å². The van der Waals surface area contributed by atoms with Gasteiger partial charge in [-0.2, -0.15) is 5.10 Å². The second-order valence-electron chi connectivity index (χ2n) is 3.77. The third-order valence-electron chi connectivity index (χ3n) is 2.38. The summed E-state index contributed by atoms with van der Waals surface area (Å²) in [6.07, 6.45) is 3.83. The highest BCUT2D eigenvalue weighted by Crippen LogP contribution is 2.10. The molecule has 1 N–H and O–H groups in total. The van der Waals surface area contributed by atoms with Gasteiger partial charge in [0.25, 0.3) is 0 Å². The van der Waals surface area contributed by atoms with Gasteiger partial charge in [-0.1, -0.05) is 0 Å². The van der Waals surface area contributed by atoms with E-state index < -0.39 is 0 Å². The summed E-state index contributed by atoms with van der Waals surface area (Å²) in [4.78, 5) is 2.02. The normalized spacial score (nSPS) is 10.7. The third-order valence-corrected chi connectivity index (χ3v) is 2.74. The highest BCUT2D eigenvalue weighted by Gasteiger charge is 2.09. The Kier molecular flexibility index (Phi) is 2.78. The molecule has 0 fully saturated rings. The van der Waals surface area contributed by atoms with Gasteiger partial charge in [0, 0.05) is 39.4 Å². The monoisotopic (exact) mass is 238 g/mol. The van der Waals surface area contributed by atoms with E-state index in [9.17, 15) is 0 Å². The highest BCUT2D eigenvalue weighted by molar-refractivity contribution is 7.71. The van der Waals surface area contributed by atoms with E-state index in [0.717, 1.165) is 18.1 Å². The number of rotatable bonds is 3. The quantitative estimate of drug-likeness (QED) is 0.805. The van der Waals surface area contributed by atoms with Gasteiger partial charge >= 0.3 is 0 Å². The molecular formula is C9H14N6S. The average Bonchev–Trinajstić information content (AvgIpc) is 2.76. The number of hydrogen-bond donors (Lipinski definition) is 1. The Balaban J connectivity index is 2.17. The summed E-state index contributed by atoms with van der Waals surface area (Å²) in [5.74, 6) is 0.814. The van der Waals surface area contributed by atoms with Crippen LogP contribution in [0.4, 0.5) is 5.95 Å². The van der Waals surface area contributed by atoms with Crippen LogP contribution in [0.1, 0.15) is 5.56 Å². The van der Waals surface area contributed by atoms with Crippen LogP contribution in [0, 0.1) is 4.77 Å². The number of nitrogens with zero attached hydrogens (tertiary/aromatic N) is 5. The lowest BCUT2D eigenvalue weighted by atomic mass is 10.3. The molecule has 0 saturated carbocycles. The standard InChI is InChI=1S/C9H14N6S/c1-13(5-7-4-10-14(2)6-7)8-11-12-9(16)15(8)3/h4,6H,5H2,1-3H3,(H,12,16). The molecule has 0 unspecified atom stereocenters. The van der Waals surface area contributed by atoms with E-state index in [4.69, 9.17) is 12.2 Å². The van der Waals surface area contributed by atoms with Gasteiger partial charge in [-0.15, -0.1) is 5.10 Å². The lowest BCUT2D eigenvalue weighted by molar-refractivity contribution is 0.764. The summed E-state index contributed by atoms with van der Waals surface area (Å²) in [5.41, 5.74) is 1.14. The predicted octanol–water partition coefficient (Wildman–Crippen LogP) is 0.848. The SMILES string of the molecule is CN(Cc1cnn(C)c1)c1n[nH]c(=S)n1C. The van der Waals surface area contributed by atoms with E-state index in [1.54, 1.807) is 4.68 Å². The van der Waals surface area contributed by atoms with E-state index in [0.29, 0.717) is 4.77 Å². The molecule has 0 aromatic carbocycles. The maximum Gasteiger partial charge on any atom is 0.225 e. The summed E-state index contributed by atoms with van der Waals surface area (Å²) in [7, 11) is 5.76. The van der Waals surface area contributed by atoms with Gasteiger partial charge in [0.2, 0.25) is 5.95 Å². The molecule has 0 aliphatic rings. The van der Waals surface area contributed by atoms with Gasteiger partial charge in [0.05, 0.1) is 6.20 Å². The minimum atomic E-state index is 0.619. The zero-order chi connectivity index (χ0) is 11.7. The molecule has 16 heavy (non-hydrogen) atoms. The minimum absolute atomic E-state index is 0.619. The smallest absolute Gasteiger partial charge is 0.225 e. The van der Waals surface area contributed by atoms with Gasteiger partial charge in [-0.25, -0.2) is 5.10 Å². The first-order valence-corrected chi connectivity index (χ1v) is 5.29. The highest BCUT2D eigenvalue weighted by atomic mass is 32.1. The van der Waals surface area contributed by atoms with Crippen LogP contribution in [0.5, 0.6) is 0 Å². The first-order valence-electron chi connectivity index (χ1n) is 4.88. The Morgan fingerprint density at radius 1 is 1.50 bits per heavy atom. The van der Waals surface area contributed by atoms with Gasteiger partial charge in [0.15, 0.2) is 4.77 Å². The van der Waals surface area contributed by atoms with Crippen molar-refractivity contribution in [2.24, 2.45) is 14.1 Å². The zero-order valence-electron chi connectivity index (χ0n) is 9.51. The molecule has 86 valence electrons. The lowest BCUT2D eigenvalue weighted by Crippen LogP contribution is -2.19. The fourth-order valence-electron chi connectivity index (χ4n) is 1.58. The van der Waals surface area contributed by atoms with Gasteiger partial charge in [-0.05, 0) is 12.2 Å². The first kappa shape index (κ1) is 10.9. The maximum absolute atomic E-state index is 5.06. The Labute approximate surface area is 98.5 Å². The number of H-pyrrole nitrogens is 1. The number of nitrogens with one attached hydrogen (secondary N) is 1. The average molecular weight is 238 g/mol.